The molecule has 16 heavy (non-hydrogen) atoms. The number of rotatable bonds is 2. The summed E-state index contributed by atoms with van der Waals surface area (Å²) in [5.74, 6) is 0.0412. The molecular formula is C11H11ClN2O2. The van der Waals surface area contributed by atoms with E-state index in [9.17, 15) is 9.59 Å². The van der Waals surface area contributed by atoms with Crippen molar-refractivity contribution in [3.8, 4) is 0 Å². The lowest BCUT2D eigenvalue weighted by Gasteiger charge is -2.02. The minimum absolute atomic E-state index is 0.0412. The fourth-order valence-electron chi connectivity index (χ4n) is 1.70. The summed E-state index contributed by atoms with van der Waals surface area (Å²) in [4.78, 5) is 25.1. The molecule has 1 N–H and O–H groups in total. The van der Waals surface area contributed by atoms with Gasteiger partial charge in [0.25, 0.3) is 0 Å². The molecule has 1 aromatic heterocycles. The number of carbonyl (C=O) groups excluding carboxylic acids is 1. The highest BCUT2D eigenvalue weighted by atomic mass is 35.5. The van der Waals surface area contributed by atoms with Crippen LogP contribution in [-0.2, 0) is 18.3 Å². The maximum Gasteiger partial charge on any atom is 0.326 e. The van der Waals surface area contributed by atoms with E-state index >= 15 is 0 Å². The summed E-state index contributed by atoms with van der Waals surface area (Å²) in [5.41, 5.74) is 1.99. The van der Waals surface area contributed by atoms with Gasteiger partial charge in [-0.15, -0.1) is 0 Å². The molecule has 0 aliphatic heterocycles. The summed E-state index contributed by atoms with van der Waals surface area (Å²) in [5, 5.41) is 0.511. The van der Waals surface area contributed by atoms with Crippen molar-refractivity contribution in [2.45, 2.75) is 13.3 Å². The van der Waals surface area contributed by atoms with Gasteiger partial charge in [-0.25, -0.2) is 4.79 Å². The van der Waals surface area contributed by atoms with Crippen molar-refractivity contribution in [2.24, 2.45) is 7.05 Å². The molecule has 2 aromatic rings. The molecule has 0 saturated heterocycles. The minimum atomic E-state index is -0.189. The summed E-state index contributed by atoms with van der Waals surface area (Å²) >= 11 is 6.05. The second kappa shape index (κ2) is 3.79. The highest BCUT2D eigenvalue weighted by Gasteiger charge is 2.09. The predicted molar refractivity (Wildman–Crippen MR) is 62.9 cm³/mol. The van der Waals surface area contributed by atoms with Crippen LogP contribution >= 0.6 is 11.6 Å². The molecule has 0 unspecified atom stereocenters. The number of Topliss-reactive ketones (excluding diaryl/α,β-unsaturated/α-hetero) is 1. The van der Waals surface area contributed by atoms with Gasteiger partial charge < -0.3 is 4.98 Å². The first-order chi connectivity index (χ1) is 7.49. The number of nitrogens with one attached hydrogen (secondary N) is 1. The lowest BCUT2D eigenvalue weighted by Crippen LogP contribution is -2.11. The Bertz CT molecular complexity index is 625. The molecule has 5 heteroatoms. The van der Waals surface area contributed by atoms with Gasteiger partial charge in [-0.3, -0.25) is 9.36 Å². The van der Waals surface area contributed by atoms with Gasteiger partial charge in [0, 0.05) is 18.5 Å². The van der Waals surface area contributed by atoms with Gasteiger partial charge in [0.2, 0.25) is 0 Å². The molecule has 0 spiro atoms. The van der Waals surface area contributed by atoms with Crippen LogP contribution in [0, 0.1) is 0 Å². The van der Waals surface area contributed by atoms with Gasteiger partial charge >= 0.3 is 5.69 Å². The standard InChI is InChI=1S/C11H11ClN2O2/c1-6(15)3-7-4-9-10(5-8(7)12)14(2)11(16)13-9/h4-5H,3H2,1-2H3,(H,13,16). The van der Waals surface area contributed by atoms with Gasteiger partial charge in [-0.05, 0) is 24.6 Å². The number of aromatic nitrogens is 2. The fourth-order valence-corrected chi connectivity index (χ4v) is 1.92. The first-order valence-corrected chi connectivity index (χ1v) is 5.23. The minimum Gasteiger partial charge on any atom is -0.306 e. The highest BCUT2D eigenvalue weighted by Crippen LogP contribution is 2.22. The molecule has 0 atom stereocenters. The molecule has 1 heterocycles. The number of aryl methyl sites for hydroxylation is 1. The van der Waals surface area contributed by atoms with E-state index in [0.29, 0.717) is 10.5 Å². The Labute approximate surface area is 96.8 Å². The summed E-state index contributed by atoms with van der Waals surface area (Å²) in [6, 6.07) is 3.45. The zero-order valence-corrected chi connectivity index (χ0v) is 9.76. The SMILES string of the molecule is CC(=O)Cc1cc2[nH]c(=O)n(C)c2cc1Cl. The number of H-pyrrole nitrogens is 1. The number of fused-ring (bicyclic) bond motifs is 1. The van der Waals surface area contributed by atoms with E-state index in [-0.39, 0.29) is 17.9 Å². The van der Waals surface area contributed by atoms with Crippen LogP contribution in [0.4, 0.5) is 0 Å². The number of hydrogen-bond acceptors (Lipinski definition) is 2. The Kier molecular flexibility index (Phi) is 2.59. The second-order valence-corrected chi connectivity index (χ2v) is 4.24. The number of imidazole rings is 1. The number of hydrogen-bond donors (Lipinski definition) is 1. The maximum absolute atomic E-state index is 11.4. The first kappa shape index (κ1) is 11.0. The number of carbonyl (C=O) groups is 1. The normalized spacial score (nSPS) is 10.9. The summed E-state index contributed by atoms with van der Waals surface area (Å²) in [6.07, 6.45) is 0.283. The Balaban J connectivity index is 2.67. The van der Waals surface area contributed by atoms with Crippen LogP contribution in [0.1, 0.15) is 12.5 Å². The van der Waals surface area contributed by atoms with Crippen LogP contribution in [0.5, 0.6) is 0 Å². The summed E-state index contributed by atoms with van der Waals surface area (Å²) in [7, 11) is 1.67. The quantitative estimate of drug-likeness (QED) is 0.865. The van der Waals surface area contributed by atoms with Gasteiger partial charge in [0.05, 0.1) is 11.0 Å². The Morgan fingerprint density at radius 3 is 2.81 bits per heavy atom. The topological polar surface area (TPSA) is 54.9 Å². The van der Waals surface area contributed by atoms with Crippen LogP contribution < -0.4 is 5.69 Å². The van der Waals surface area contributed by atoms with Crippen LogP contribution in [0.15, 0.2) is 16.9 Å². The van der Waals surface area contributed by atoms with Gasteiger partial charge in [0.15, 0.2) is 0 Å². The molecule has 0 bridgehead atoms. The number of benzene rings is 1. The predicted octanol–water partition coefficient (Wildman–Crippen LogP) is 1.65. The average Bonchev–Trinajstić information content (AvgIpc) is 2.44. The zero-order valence-electron chi connectivity index (χ0n) is 9.00. The molecule has 2 rings (SSSR count). The zero-order chi connectivity index (χ0) is 11.9. The maximum atomic E-state index is 11.4. The Morgan fingerprint density at radius 1 is 1.50 bits per heavy atom. The molecule has 1 aromatic carbocycles. The Hall–Kier alpha value is -1.55. The van der Waals surface area contributed by atoms with E-state index in [1.165, 1.54) is 11.5 Å². The van der Waals surface area contributed by atoms with Crippen molar-refractivity contribution in [1.29, 1.82) is 0 Å². The van der Waals surface area contributed by atoms with Crippen molar-refractivity contribution in [3.63, 3.8) is 0 Å². The van der Waals surface area contributed by atoms with E-state index in [2.05, 4.69) is 4.98 Å². The molecule has 0 aliphatic rings. The molecule has 4 nitrogen and oxygen atoms in total. The van der Waals surface area contributed by atoms with Crippen LogP contribution in [0.25, 0.3) is 11.0 Å². The van der Waals surface area contributed by atoms with Crippen molar-refractivity contribution >= 4 is 28.4 Å². The van der Waals surface area contributed by atoms with E-state index < -0.39 is 0 Å². The van der Waals surface area contributed by atoms with E-state index in [1.54, 1.807) is 19.2 Å². The third-order valence-electron chi connectivity index (χ3n) is 2.51. The van der Waals surface area contributed by atoms with Gasteiger partial charge in [-0.2, -0.15) is 0 Å². The second-order valence-electron chi connectivity index (χ2n) is 3.83. The van der Waals surface area contributed by atoms with Gasteiger partial charge in [0.1, 0.15) is 5.78 Å². The smallest absolute Gasteiger partial charge is 0.306 e. The average molecular weight is 239 g/mol. The number of ketones is 1. The first-order valence-electron chi connectivity index (χ1n) is 4.85. The lowest BCUT2D eigenvalue weighted by atomic mass is 10.1. The summed E-state index contributed by atoms with van der Waals surface area (Å²) in [6.45, 7) is 1.51. The highest BCUT2D eigenvalue weighted by molar-refractivity contribution is 6.32. The van der Waals surface area contributed by atoms with Crippen molar-refractivity contribution in [2.75, 3.05) is 0 Å². The molecule has 0 radical (unpaired) electrons. The van der Waals surface area contributed by atoms with E-state index in [4.69, 9.17) is 11.6 Å². The Morgan fingerprint density at radius 2 is 2.19 bits per heavy atom. The molecular weight excluding hydrogens is 228 g/mol. The van der Waals surface area contributed by atoms with Crippen molar-refractivity contribution in [3.05, 3.63) is 33.2 Å². The molecule has 0 saturated carbocycles. The van der Waals surface area contributed by atoms with E-state index in [1.807, 2.05) is 0 Å². The fraction of sp³-hybridized carbons (Fsp3) is 0.273. The number of halogens is 1. The van der Waals surface area contributed by atoms with E-state index in [0.717, 1.165) is 11.1 Å². The summed E-state index contributed by atoms with van der Waals surface area (Å²) < 4.78 is 1.48. The molecule has 0 fully saturated rings. The van der Waals surface area contributed by atoms with Crippen molar-refractivity contribution in [1.82, 2.24) is 9.55 Å². The van der Waals surface area contributed by atoms with Crippen LogP contribution in [0.2, 0.25) is 5.02 Å². The molecule has 0 amide bonds. The molecule has 0 aliphatic carbocycles. The largest absolute Gasteiger partial charge is 0.326 e. The third kappa shape index (κ3) is 1.76. The molecule has 84 valence electrons. The van der Waals surface area contributed by atoms with Crippen LogP contribution in [-0.4, -0.2) is 15.3 Å². The lowest BCUT2D eigenvalue weighted by molar-refractivity contribution is -0.116. The monoisotopic (exact) mass is 238 g/mol. The van der Waals surface area contributed by atoms with Crippen LogP contribution in [0.3, 0.4) is 0 Å². The number of aromatic amines is 1. The van der Waals surface area contributed by atoms with Gasteiger partial charge in [-0.1, -0.05) is 11.6 Å². The number of nitrogens with zero attached hydrogens (tertiary/aromatic N) is 1. The third-order valence-corrected chi connectivity index (χ3v) is 2.86. The van der Waals surface area contributed by atoms with Crippen molar-refractivity contribution < 1.29 is 4.79 Å².